The summed E-state index contributed by atoms with van der Waals surface area (Å²) in [5, 5.41) is 12.1. The van der Waals surface area contributed by atoms with E-state index >= 15 is 0 Å². The summed E-state index contributed by atoms with van der Waals surface area (Å²) in [5.41, 5.74) is 0. The molecule has 0 aliphatic carbocycles. The van der Waals surface area contributed by atoms with Gasteiger partial charge in [-0.15, -0.1) is 0 Å². The molecular formula is C12H23N3. The van der Waals surface area contributed by atoms with E-state index < -0.39 is 0 Å². The number of rotatable bonds is 5. The minimum absolute atomic E-state index is 0.405. The molecule has 0 spiro atoms. The Morgan fingerprint density at radius 1 is 1.60 bits per heavy atom. The second-order valence-electron chi connectivity index (χ2n) is 4.51. The first-order valence-corrected chi connectivity index (χ1v) is 6.09. The van der Waals surface area contributed by atoms with E-state index in [1.807, 2.05) is 0 Å². The molecule has 1 aliphatic rings. The van der Waals surface area contributed by atoms with Gasteiger partial charge in [0.05, 0.1) is 12.5 Å². The molecule has 0 aromatic rings. The molecule has 3 nitrogen and oxygen atoms in total. The lowest BCUT2D eigenvalue weighted by atomic mass is 9.98. The fraction of sp³-hybridized carbons (Fsp3) is 0.917. The molecule has 1 rings (SSSR count). The Morgan fingerprint density at radius 2 is 2.40 bits per heavy atom. The van der Waals surface area contributed by atoms with Crippen molar-refractivity contribution >= 4 is 0 Å². The molecule has 15 heavy (non-hydrogen) atoms. The van der Waals surface area contributed by atoms with Gasteiger partial charge in [0.1, 0.15) is 0 Å². The van der Waals surface area contributed by atoms with Crippen molar-refractivity contribution in [2.45, 2.75) is 39.2 Å². The molecule has 0 bridgehead atoms. The smallest absolute Gasteiger partial charge is 0.0638 e. The van der Waals surface area contributed by atoms with Gasteiger partial charge in [-0.25, -0.2) is 0 Å². The largest absolute Gasteiger partial charge is 0.316 e. The molecule has 86 valence electrons. The second-order valence-corrected chi connectivity index (χ2v) is 4.51. The monoisotopic (exact) mass is 209 g/mol. The van der Waals surface area contributed by atoms with Crippen LogP contribution in [0.1, 0.15) is 33.1 Å². The van der Waals surface area contributed by atoms with Crippen molar-refractivity contribution in [1.29, 1.82) is 5.26 Å². The normalized spacial score (nSPS) is 23.7. The average Bonchev–Trinajstić information content (AvgIpc) is 2.27. The van der Waals surface area contributed by atoms with Crippen molar-refractivity contribution in [1.82, 2.24) is 10.2 Å². The quantitative estimate of drug-likeness (QED) is 0.747. The molecule has 0 radical (unpaired) electrons. The lowest BCUT2D eigenvalue weighted by Gasteiger charge is -2.32. The van der Waals surface area contributed by atoms with Crippen molar-refractivity contribution in [3.8, 4) is 6.07 Å². The van der Waals surface area contributed by atoms with Gasteiger partial charge >= 0.3 is 0 Å². The van der Waals surface area contributed by atoms with Crippen LogP contribution in [0.2, 0.25) is 0 Å². The lowest BCUT2D eigenvalue weighted by Crippen LogP contribution is -2.41. The molecule has 2 atom stereocenters. The molecule has 0 saturated carbocycles. The summed E-state index contributed by atoms with van der Waals surface area (Å²) >= 11 is 0. The third-order valence-corrected chi connectivity index (χ3v) is 3.31. The Bertz CT molecular complexity index is 203. The van der Waals surface area contributed by atoms with Gasteiger partial charge in [-0.1, -0.05) is 6.92 Å². The third kappa shape index (κ3) is 4.19. The highest BCUT2D eigenvalue weighted by Gasteiger charge is 2.19. The Kier molecular flexibility index (Phi) is 5.67. The van der Waals surface area contributed by atoms with Crippen molar-refractivity contribution in [2.75, 3.05) is 26.2 Å². The Labute approximate surface area is 93.5 Å². The van der Waals surface area contributed by atoms with Crippen LogP contribution in [0.15, 0.2) is 0 Å². The van der Waals surface area contributed by atoms with Gasteiger partial charge < -0.3 is 5.32 Å². The van der Waals surface area contributed by atoms with E-state index in [1.54, 1.807) is 0 Å². The van der Waals surface area contributed by atoms with Gasteiger partial charge in [-0.05, 0) is 45.3 Å². The highest BCUT2D eigenvalue weighted by Crippen LogP contribution is 2.14. The molecule has 1 aliphatic heterocycles. The molecule has 3 heteroatoms. The minimum Gasteiger partial charge on any atom is -0.316 e. The molecule has 1 heterocycles. The van der Waals surface area contributed by atoms with Gasteiger partial charge in [0.2, 0.25) is 0 Å². The second kappa shape index (κ2) is 6.81. The van der Waals surface area contributed by atoms with E-state index in [9.17, 15) is 0 Å². The van der Waals surface area contributed by atoms with Crippen LogP contribution in [0.4, 0.5) is 0 Å². The maximum Gasteiger partial charge on any atom is 0.0638 e. The van der Waals surface area contributed by atoms with Crippen LogP contribution < -0.4 is 5.32 Å². The van der Waals surface area contributed by atoms with E-state index in [4.69, 9.17) is 5.26 Å². The maximum atomic E-state index is 8.70. The molecule has 0 aromatic heterocycles. The number of piperidine rings is 1. The van der Waals surface area contributed by atoms with Crippen LogP contribution in [0.25, 0.3) is 0 Å². The summed E-state index contributed by atoms with van der Waals surface area (Å²) < 4.78 is 0. The zero-order chi connectivity index (χ0) is 11.1. The molecule has 2 unspecified atom stereocenters. The molecule has 1 saturated heterocycles. The number of hydrogen-bond acceptors (Lipinski definition) is 3. The van der Waals surface area contributed by atoms with E-state index in [0.717, 1.165) is 25.6 Å². The van der Waals surface area contributed by atoms with Gasteiger partial charge in [-0.3, -0.25) is 4.90 Å². The summed E-state index contributed by atoms with van der Waals surface area (Å²) in [4.78, 5) is 2.43. The zero-order valence-electron chi connectivity index (χ0n) is 10.00. The molecule has 0 amide bonds. The maximum absolute atomic E-state index is 8.70. The Hall–Kier alpha value is -0.590. The average molecular weight is 209 g/mol. The summed E-state index contributed by atoms with van der Waals surface area (Å²) in [6, 6.07) is 2.67. The SMILES string of the molecule is CCN(CC1CCCNC1)C(C)CC#N. The van der Waals surface area contributed by atoms with Gasteiger partial charge in [0.15, 0.2) is 0 Å². The van der Waals surface area contributed by atoms with Crippen LogP contribution in [-0.2, 0) is 0 Å². The molecule has 1 N–H and O–H groups in total. The van der Waals surface area contributed by atoms with Crippen LogP contribution in [-0.4, -0.2) is 37.1 Å². The zero-order valence-corrected chi connectivity index (χ0v) is 10.00. The number of nitriles is 1. The topological polar surface area (TPSA) is 39.1 Å². The Balaban J connectivity index is 2.34. The first-order chi connectivity index (χ1) is 7.27. The fourth-order valence-electron chi connectivity index (χ4n) is 2.29. The van der Waals surface area contributed by atoms with Crippen molar-refractivity contribution in [2.24, 2.45) is 5.92 Å². The van der Waals surface area contributed by atoms with Crippen LogP contribution in [0.5, 0.6) is 0 Å². The lowest BCUT2D eigenvalue weighted by molar-refractivity contribution is 0.172. The molecule has 0 aromatic carbocycles. The predicted octanol–water partition coefficient (Wildman–Crippen LogP) is 1.61. The van der Waals surface area contributed by atoms with Crippen molar-refractivity contribution < 1.29 is 0 Å². The summed E-state index contributed by atoms with van der Waals surface area (Å²) in [7, 11) is 0. The highest BCUT2D eigenvalue weighted by molar-refractivity contribution is 4.81. The van der Waals surface area contributed by atoms with Crippen molar-refractivity contribution in [3.63, 3.8) is 0 Å². The van der Waals surface area contributed by atoms with Gasteiger partial charge in [-0.2, -0.15) is 5.26 Å². The van der Waals surface area contributed by atoms with E-state index in [1.165, 1.54) is 19.4 Å². The molecule has 1 fully saturated rings. The van der Waals surface area contributed by atoms with Gasteiger partial charge in [0.25, 0.3) is 0 Å². The van der Waals surface area contributed by atoms with Crippen LogP contribution >= 0.6 is 0 Å². The predicted molar refractivity (Wildman–Crippen MR) is 62.5 cm³/mol. The number of nitrogens with one attached hydrogen (secondary N) is 1. The van der Waals surface area contributed by atoms with E-state index in [0.29, 0.717) is 12.5 Å². The number of nitrogens with zero attached hydrogens (tertiary/aromatic N) is 2. The standard InChI is InChI=1S/C12H23N3/c1-3-15(11(2)6-7-13)10-12-5-4-8-14-9-12/h11-12,14H,3-6,8-10H2,1-2H3. The Morgan fingerprint density at radius 3 is 2.93 bits per heavy atom. The summed E-state index contributed by atoms with van der Waals surface area (Å²) in [5.74, 6) is 0.778. The summed E-state index contributed by atoms with van der Waals surface area (Å²) in [6.07, 6.45) is 3.28. The minimum atomic E-state index is 0.405. The first kappa shape index (κ1) is 12.5. The third-order valence-electron chi connectivity index (χ3n) is 3.31. The van der Waals surface area contributed by atoms with Crippen molar-refractivity contribution in [3.05, 3.63) is 0 Å². The van der Waals surface area contributed by atoms with E-state index in [-0.39, 0.29) is 0 Å². The highest BCUT2D eigenvalue weighted by atomic mass is 15.1. The fourth-order valence-corrected chi connectivity index (χ4v) is 2.29. The first-order valence-electron chi connectivity index (χ1n) is 6.09. The van der Waals surface area contributed by atoms with Crippen LogP contribution in [0, 0.1) is 17.2 Å². The van der Waals surface area contributed by atoms with E-state index in [2.05, 4.69) is 30.1 Å². The van der Waals surface area contributed by atoms with Crippen LogP contribution in [0.3, 0.4) is 0 Å². The van der Waals surface area contributed by atoms with Gasteiger partial charge in [0, 0.05) is 12.6 Å². The number of hydrogen-bond donors (Lipinski definition) is 1. The molecular weight excluding hydrogens is 186 g/mol. The summed E-state index contributed by atoms with van der Waals surface area (Å²) in [6.45, 7) is 8.87.